The van der Waals surface area contributed by atoms with Crippen LogP contribution in [0.4, 0.5) is 5.13 Å². The van der Waals surface area contributed by atoms with Gasteiger partial charge in [-0.1, -0.05) is 16.9 Å². The third kappa shape index (κ3) is 6.35. The average molecular weight is 606 g/mol. The molecule has 18 heteroatoms. The summed E-state index contributed by atoms with van der Waals surface area (Å²) in [5, 5.41) is 30.2. The Bertz CT molecular complexity index is 1340. The van der Waals surface area contributed by atoms with Crippen LogP contribution in [-0.2, 0) is 30.4 Å². The molecule has 2 aliphatic heterocycles. The van der Waals surface area contributed by atoms with Gasteiger partial charge in [0.05, 0.1) is 17.4 Å². The molecule has 0 bridgehead atoms. The number of nitrogen functional groups attached to an aromatic ring is 1. The van der Waals surface area contributed by atoms with E-state index in [0.29, 0.717) is 20.5 Å². The van der Waals surface area contributed by atoms with Crippen LogP contribution in [0.1, 0.15) is 16.3 Å². The molecule has 2 atom stereocenters. The van der Waals surface area contributed by atoms with E-state index >= 15 is 0 Å². The van der Waals surface area contributed by atoms with Gasteiger partial charge in [0.2, 0.25) is 0 Å². The Labute approximate surface area is 254 Å². The van der Waals surface area contributed by atoms with Crippen molar-refractivity contribution in [1.29, 1.82) is 0 Å². The molecule has 13 nitrogen and oxygen atoms in total. The maximum absolute atomic E-state index is 12.9. The number of nitrogens with zero attached hydrogens (tertiary/aromatic N) is 4. The number of thioether (sulfide) groups is 2. The van der Waals surface area contributed by atoms with Crippen LogP contribution in [0.25, 0.3) is 0 Å². The number of aromatic nitrogens is 2. The van der Waals surface area contributed by atoms with Crippen molar-refractivity contribution in [2.45, 2.75) is 29.1 Å². The van der Waals surface area contributed by atoms with E-state index in [1.54, 1.807) is 6.92 Å². The van der Waals surface area contributed by atoms with Crippen LogP contribution in [0.3, 0.4) is 0 Å². The number of aliphatic carboxylic acids is 2. The third-order valence-electron chi connectivity index (χ3n) is 5.24. The van der Waals surface area contributed by atoms with Gasteiger partial charge in [0.1, 0.15) is 24.2 Å². The van der Waals surface area contributed by atoms with E-state index in [0.717, 1.165) is 16.2 Å². The number of carboxylic acids is 2. The minimum Gasteiger partial charge on any atom is -0.550 e. The summed E-state index contributed by atoms with van der Waals surface area (Å²) < 4.78 is 0.568. The number of rotatable bonds is 10. The van der Waals surface area contributed by atoms with Crippen LogP contribution in [-0.4, -0.2) is 74.4 Å². The fourth-order valence-electron chi connectivity index (χ4n) is 3.59. The molecular formula is C20H18N6NaO7S4-. The Morgan fingerprint density at radius 3 is 2.68 bits per heavy atom. The van der Waals surface area contributed by atoms with E-state index in [1.807, 2.05) is 0 Å². The first-order chi connectivity index (χ1) is 17.6. The van der Waals surface area contributed by atoms with Gasteiger partial charge in [0, 0.05) is 34.2 Å². The van der Waals surface area contributed by atoms with Gasteiger partial charge in [-0.15, -0.1) is 34.4 Å². The molecule has 0 aliphatic carbocycles. The number of carbonyl (C=O) groups excluding carboxylic acids is 4. The number of fused-ring (bicyclic) bond motifs is 1. The normalized spacial score (nSPS) is 18.8. The van der Waals surface area contributed by atoms with Crippen molar-refractivity contribution in [3.05, 3.63) is 32.9 Å². The predicted octanol–water partition coefficient (Wildman–Crippen LogP) is -4.67. The van der Waals surface area contributed by atoms with Crippen molar-refractivity contribution in [1.82, 2.24) is 20.2 Å². The molecule has 1 unspecified atom stereocenters. The van der Waals surface area contributed by atoms with Crippen LogP contribution >= 0.6 is 46.2 Å². The Hall–Kier alpha value is -2.15. The molecule has 4 heterocycles. The molecule has 3 N–H and O–H groups in total. The fourth-order valence-corrected chi connectivity index (χ4v) is 7.84. The smallest absolute Gasteiger partial charge is 0.550 e. The molecule has 2 amide bonds. The topological polar surface area (TPSA) is 203 Å². The summed E-state index contributed by atoms with van der Waals surface area (Å²) in [5.41, 5.74) is 6.41. The van der Waals surface area contributed by atoms with Crippen molar-refractivity contribution in [2.24, 2.45) is 5.16 Å². The molecule has 0 spiro atoms. The molecule has 1 fully saturated rings. The van der Waals surface area contributed by atoms with E-state index < -0.39 is 35.2 Å². The maximum atomic E-state index is 12.9. The van der Waals surface area contributed by atoms with Gasteiger partial charge in [0.15, 0.2) is 15.2 Å². The van der Waals surface area contributed by atoms with Gasteiger partial charge in [-0.25, -0.2) is 9.97 Å². The summed E-state index contributed by atoms with van der Waals surface area (Å²) in [4.78, 5) is 63.4. The molecule has 38 heavy (non-hydrogen) atoms. The Morgan fingerprint density at radius 1 is 1.34 bits per heavy atom. The number of carbonyl (C=O) groups is 4. The molecular weight excluding hydrogens is 588 g/mol. The van der Waals surface area contributed by atoms with Crippen molar-refractivity contribution in [3.8, 4) is 0 Å². The summed E-state index contributed by atoms with van der Waals surface area (Å²) in [6.07, 6.45) is -0.253. The summed E-state index contributed by atoms with van der Waals surface area (Å²) in [5.74, 6) is -3.58. The number of hydrogen-bond donors (Lipinski definition) is 2. The van der Waals surface area contributed by atoms with Crippen molar-refractivity contribution in [2.75, 3.05) is 24.3 Å². The first-order valence-electron chi connectivity index (χ1n) is 10.4. The molecule has 196 valence electrons. The van der Waals surface area contributed by atoms with E-state index in [1.165, 1.54) is 47.4 Å². The van der Waals surface area contributed by atoms with Gasteiger partial charge < -0.3 is 35.7 Å². The van der Waals surface area contributed by atoms with Crippen LogP contribution in [0.15, 0.2) is 26.1 Å². The largest absolute Gasteiger partial charge is 1.00 e. The second-order valence-corrected chi connectivity index (χ2v) is 11.9. The molecule has 1 saturated heterocycles. The molecule has 0 radical (unpaired) electrons. The Morgan fingerprint density at radius 2 is 2.08 bits per heavy atom. The quantitative estimate of drug-likeness (QED) is 0.0863. The van der Waals surface area contributed by atoms with Crippen LogP contribution < -0.4 is 50.8 Å². The summed E-state index contributed by atoms with van der Waals surface area (Å²) >= 11 is 4.83. The summed E-state index contributed by atoms with van der Waals surface area (Å²) in [7, 11) is 1.25. The summed E-state index contributed by atoms with van der Waals surface area (Å²) in [6.45, 7) is 1.69. The number of aryl methyl sites for hydroxylation is 1. The fraction of sp³-hybridized carbons (Fsp3) is 0.350. The minimum absolute atomic E-state index is 0. The van der Waals surface area contributed by atoms with E-state index in [9.17, 15) is 29.4 Å². The second-order valence-electron chi connectivity index (χ2n) is 7.62. The monoisotopic (exact) mass is 605 g/mol. The number of carboxylic acid groups (broad SMARTS) is 2. The molecule has 2 aromatic rings. The standard InChI is InChI=1S/C20H20N6O7S4.Na/c1-7-10(3-11(27)28)37-20(22-7)36-5-8-4-34-17-13(16(30)26(17)14(8)18(31)32)24-15(29)12(25-33-2)9-6-35-19(21)23-9;/h6,13,17H,3-5H2,1-2H3,(H2,21,23)(H,24,29)(H,27,28)(H,31,32);/q;+1/p-2/b25-12+;/t13-,17?;/m1./s1. The minimum atomic E-state index is -1.51. The van der Waals surface area contributed by atoms with Gasteiger partial charge in [-0.05, 0) is 12.5 Å². The Balaban J connectivity index is 0.00000400. The number of hydrogen-bond acceptors (Lipinski definition) is 15. The van der Waals surface area contributed by atoms with Gasteiger partial charge in [-0.2, -0.15) is 0 Å². The zero-order valence-electron chi connectivity index (χ0n) is 20.2. The SMILES string of the molecule is CO/N=C(/C(=O)N[C@@H]1C(=O)N2C(C(=O)[O-])=C(CSc3nc(C)c(CC(=O)[O-])s3)CSC12)c1csc(N)n1.[Na+]. The zero-order chi connectivity index (χ0) is 26.9. The van der Waals surface area contributed by atoms with E-state index in [2.05, 4.69) is 20.4 Å². The number of nitrogens with one attached hydrogen (secondary N) is 1. The number of β-lactam (4-membered cyclic amide) rings is 1. The number of nitrogens with two attached hydrogens (primary N) is 1. The number of oxime groups is 1. The van der Waals surface area contributed by atoms with Crippen LogP contribution in [0.5, 0.6) is 0 Å². The molecule has 0 aromatic carbocycles. The zero-order valence-corrected chi connectivity index (χ0v) is 25.5. The van der Waals surface area contributed by atoms with Gasteiger partial charge in [-0.3, -0.25) is 14.5 Å². The van der Waals surface area contributed by atoms with Crippen LogP contribution in [0, 0.1) is 6.92 Å². The first kappa shape index (κ1) is 30.4. The molecule has 2 aromatic heterocycles. The van der Waals surface area contributed by atoms with Crippen molar-refractivity contribution < 1.29 is 63.8 Å². The van der Waals surface area contributed by atoms with Gasteiger partial charge in [0.25, 0.3) is 11.8 Å². The number of amides is 2. The second kappa shape index (κ2) is 12.8. The van der Waals surface area contributed by atoms with Gasteiger partial charge >= 0.3 is 29.6 Å². The van der Waals surface area contributed by atoms with Crippen LogP contribution in [0.2, 0.25) is 0 Å². The number of anilines is 1. The maximum Gasteiger partial charge on any atom is 1.00 e. The first-order valence-corrected chi connectivity index (χ1v) is 14.1. The van der Waals surface area contributed by atoms with Crippen molar-refractivity contribution in [3.63, 3.8) is 0 Å². The average Bonchev–Trinajstić information content (AvgIpc) is 3.42. The Kier molecular flexibility index (Phi) is 10.2. The molecule has 4 rings (SSSR count). The third-order valence-corrected chi connectivity index (χ3v) is 9.64. The van der Waals surface area contributed by atoms with Crippen molar-refractivity contribution >= 4 is 80.8 Å². The number of thiazole rings is 2. The summed E-state index contributed by atoms with van der Waals surface area (Å²) in [6, 6.07) is -0.993. The predicted molar refractivity (Wildman–Crippen MR) is 133 cm³/mol. The molecule has 0 saturated carbocycles. The molecule has 2 aliphatic rings. The van der Waals surface area contributed by atoms with E-state index in [-0.39, 0.29) is 69.7 Å². The van der Waals surface area contributed by atoms with E-state index in [4.69, 9.17) is 10.6 Å².